The summed E-state index contributed by atoms with van der Waals surface area (Å²) in [6.07, 6.45) is 1.79. The van der Waals surface area contributed by atoms with Gasteiger partial charge in [0.25, 0.3) is 0 Å². The summed E-state index contributed by atoms with van der Waals surface area (Å²) < 4.78 is 38.8. The van der Waals surface area contributed by atoms with E-state index in [0.717, 1.165) is 13.0 Å². The van der Waals surface area contributed by atoms with Crippen LogP contribution >= 0.6 is 0 Å². The van der Waals surface area contributed by atoms with E-state index < -0.39 is 22.3 Å². The van der Waals surface area contributed by atoms with Gasteiger partial charge in [-0.1, -0.05) is 0 Å². The summed E-state index contributed by atoms with van der Waals surface area (Å²) in [7, 11) is -3.13. The van der Waals surface area contributed by atoms with E-state index in [9.17, 15) is 12.8 Å². The second-order valence-corrected chi connectivity index (χ2v) is 6.94. The molecule has 1 atom stereocenters. The number of aliphatic hydroxyl groups excluding tert-OH is 1. The largest absolute Gasteiger partial charge is 0.393 e. The lowest BCUT2D eigenvalue weighted by Gasteiger charge is -2.36. The maximum absolute atomic E-state index is 13.9. The van der Waals surface area contributed by atoms with Crippen molar-refractivity contribution in [2.24, 2.45) is 0 Å². The molecule has 0 aromatic heterocycles. The molecule has 0 aromatic rings. The van der Waals surface area contributed by atoms with Gasteiger partial charge >= 0.3 is 0 Å². The Kier molecular flexibility index (Phi) is 5.97. The standard InChI is InChI=1S/C11H23FN2O3S/c1-2-18(16,17)13-6-4-8-14-7-3-5-11(12,9-14)10-15/h13,15H,2-10H2,1H3. The highest BCUT2D eigenvalue weighted by molar-refractivity contribution is 7.89. The van der Waals surface area contributed by atoms with Gasteiger partial charge in [-0.2, -0.15) is 0 Å². The van der Waals surface area contributed by atoms with E-state index in [4.69, 9.17) is 5.11 Å². The molecule has 1 unspecified atom stereocenters. The number of halogens is 1. The van der Waals surface area contributed by atoms with E-state index in [1.54, 1.807) is 6.92 Å². The monoisotopic (exact) mass is 282 g/mol. The summed E-state index contributed by atoms with van der Waals surface area (Å²) in [5.41, 5.74) is -1.48. The van der Waals surface area contributed by atoms with E-state index in [1.807, 2.05) is 4.90 Å². The van der Waals surface area contributed by atoms with E-state index in [1.165, 1.54) is 0 Å². The van der Waals surface area contributed by atoms with Crippen molar-refractivity contribution in [3.8, 4) is 0 Å². The van der Waals surface area contributed by atoms with Crippen LogP contribution in [0.25, 0.3) is 0 Å². The molecule has 0 amide bonds. The Morgan fingerprint density at radius 1 is 1.50 bits per heavy atom. The Morgan fingerprint density at radius 3 is 2.83 bits per heavy atom. The lowest BCUT2D eigenvalue weighted by Crippen LogP contribution is -2.48. The third-order valence-corrected chi connectivity index (χ3v) is 4.65. The van der Waals surface area contributed by atoms with Crippen molar-refractivity contribution in [3.63, 3.8) is 0 Å². The summed E-state index contributed by atoms with van der Waals surface area (Å²) in [4.78, 5) is 1.94. The smallest absolute Gasteiger partial charge is 0.211 e. The molecule has 5 nitrogen and oxygen atoms in total. The molecule has 0 aliphatic carbocycles. The topological polar surface area (TPSA) is 69.6 Å². The molecule has 0 radical (unpaired) electrons. The third kappa shape index (κ3) is 5.17. The number of likely N-dealkylation sites (tertiary alicyclic amines) is 1. The van der Waals surface area contributed by atoms with Crippen molar-refractivity contribution in [3.05, 3.63) is 0 Å². The fourth-order valence-electron chi connectivity index (χ4n) is 2.13. The van der Waals surface area contributed by atoms with Crippen LogP contribution in [0.15, 0.2) is 0 Å². The molecule has 1 aliphatic heterocycles. The number of sulfonamides is 1. The van der Waals surface area contributed by atoms with Crippen LogP contribution in [-0.2, 0) is 10.0 Å². The number of alkyl halides is 1. The highest BCUT2D eigenvalue weighted by atomic mass is 32.2. The second-order valence-electron chi connectivity index (χ2n) is 4.84. The van der Waals surface area contributed by atoms with E-state index in [0.29, 0.717) is 25.9 Å². The maximum Gasteiger partial charge on any atom is 0.211 e. The molecule has 1 heterocycles. The molecule has 1 rings (SSSR count). The van der Waals surface area contributed by atoms with E-state index >= 15 is 0 Å². The first-order chi connectivity index (χ1) is 8.41. The fourth-order valence-corrected chi connectivity index (χ4v) is 2.79. The Hall–Kier alpha value is -0.240. The van der Waals surface area contributed by atoms with Crippen LogP contribution in [-0.4, -0.2) is 62.6 Å². The molecule has 0 aromatic carbocycles. The minimum Gasteiger partial charge on any atom is -0.393 e. The summed E-state index contributed by atoms with van der Waals surface area (Å²) in [6.45, 7) is 3.23. The average molecular weight is 282 g/mol. The van der Waals surface area contributed by atoms with Gasteiger partial charge in [-0.15, -0.1) is 0 Å². The summed E-state index contributed by atoms with van der Waals surface area (Å²) in [5, 5.41) is 8.98. The van der Waals surface area contributed by atoms with Crippen molar-refractivity contribution in [1.82, 2.24) is 9.62 Å². The Labute approximate surface area is 108 Å². The lowest BCUT2D eigenvalue weighted by molar-refractivity contribution is -0.00122. The molecule has 2 N–H and O–H groups in total. The number of hydrogen-bond donors (Lipinski definition) is 2. The molecule has 1 fully saturated rings. The van der Waals surface area contributed by atoms with Crippen LogP contribution < -0.4 is 4.72 Å². The van der Waals surface area contributed by atoms with Gasteiger partial charge in [-0.3, -0.25) is 0 Å². The van der Waals surface area contributed by atoms with Gasteiger partial charge < -0.3 is 10.0 Å². The second kappa shape index (κ2) is 6.79. The van der Waals surface area contributed by atoms with Gasteiger partial charge in [0.05, 0.1) is 12.4 Å². The first-order valence-corrected chi connectivity index (χ1v) is 8.05. The van der Waals surface area contributed by atoms with Gasteiger partial charge in [0, 0.05) is 13.1 Å². The van der Waals surface area contributed by atoms with Crippen molar-refractivity contribution in [2.45, 2.75) is 31.9 Å². The first kappa shape index (κ1) is 15.8. The highest BCUT2D eigenvalue weighted by Crippen LogP contribution is 2.24. The lowest BCUT2D eigenvalue weighted by atomic mass is 9.95. The van der Waals surface area contributed by atoms with Crippen LogP contribution in [0.5, 0.6) is 0 Å². The number of piperidine rings is 1. The molecular formula is C11H23FN2O3S. The number of nitrogens with zero attached hydrogens (tertiary/aromatic N) is 1. The predicted molar refractivity (Wildman–Crippen MR) is 68.7 cm³/mol. The fraction of sp³-hybridized carbons (Fsp3) is 1.00. The Morgan fingerprint density at radius 2 is 2.22 bits per heavy atom. The Balaban J connectivity index is 2.24. The van der Waals surface area contributed by atoms with E-state index in [-0.39, 0.29) is 12.3 Å². The van der Waals surface area contributed by atoms with Crippen LogP contribution in [0.2, 0.25) is 0 Å². The quantitative estimate of drug-likeness (QED) is 0.650. The summed E-state index contributed by atoms with van der Waals surface area (Å²) in [6, 6.07) is 0. The van der Waals surface area contributed by atoms with Crippen molar-refractivity contribution < 1.29 is 17.9 Å². The zero-order valence-corrected chi connectivity index (χ0v) is 11.7. The third-order valence-electron chi connectivity index (χ3n) is 3.24. The van der Waals surface area contributed by atoms with Gasteiger partial charge in [0.15, 0.2) is 0 Å². The van der Waals surface area contributed by atoms with Crippen LogP contribution in [0.3, 0.4) is 0 Å². The van der Waals surface area contributed by atoms with Crippen LogP contribution in [0.1, 0.15) is 26.2 Å². The molecule has 18 heavy (non-hydrogen) atoms. The average Bonchev–Trinajstić information content (AvgIpc) is 2.35. The van der Waals surface area contributed by atoms with Crippen molar-refractivity contribution in [1.29, 1.82) is 0 Å². The highest BCUT2D eigenvalue weighted by Gasteiger charge is 2.34. The number of nitrogens with one attached hydrogen (secondary N) is 1. The maximum atomic E-state index is 13.9. The SMILES string of the molecule is CCS(=O)(=O)NCCCN1CCCC(F)(CO)C1. The normalized spacial score (nSPS) is 26.4. The molecule has 0 saturated carbocycles. The van der Waals surface area contributed by atoms with E-state index in [2.05, 4.69) is 4.72 Å². The molecule has 1 saturated heterocycles. The van der Waals surface area contributed by atoms with Crippen molar-refractivity contribution in [2.75, 3.05) is 38.5 Å². The summed E-state index contributed by atoms with van der Waals surface area (Å²) in [5.74, 6) is 0.0782. The molecular weight excluding hydrogens is 259 g/mol. The molecule has 108 valence electrons. The minimum atomic E-state index is -3.13. The Bertz CT molecular complexity index is 350. The number of rotatable bonds is 7. The minimum absolute atomic E-state index is 0.0782. The van der Waals surface area contributed by atoms with Gasteiger partial charge in [0.2, 0.25) is 10.0 Å². The zero-order valence-electron chi connectivity index (χ0n) is 10.9. The predicted octanol–water partition coefficient (Wildman–Crippen LogP) is 0.112. The molecule has 0 spiro atoms. The molecule has 1 aliphatic rings. The molecule has 0 bridgehead atoms. The van der Waals surface area contributed by atoms with Crippen LogP contribution in [0.4, 0.5) is 4.39 Å². The number of hydrogen-bond acceptors (Lipinski definition) is 4. The van der Waals surface area contributed by atoms with Gasteiger partial charge in [-0.25, -0.2) is 17.5 Å². The summed E-state index contributed by atoms with van der Waals surface area (Å²) >= 11 is 0. The first-order valence-electron chi connectivity index (χ1n) is 6.40. The van der Waals surface area contributed by atoms with Crippen LogP contribution in [0, 0.1) is 0 Å². The van der Waals surface area contributed by atoms with Gasteiger partial charge in [-0.05, 0) is 39.3 Å². The molecule has 7 heteroatoms. The number of aliphatic hydroxyl groups is 1. The van der Waals surface area contributed by atoms with Gasteiger partial charge in [0.1, 0.15) is 5.67 Å². The van der Waals surface area contributed by atoms with Crippen molar-refractivity contribution >= 4 is 10.0 Å². The zero-order chi connectivity index (χ0) is 13.6.